The molecule has 1 N–H and O–H groups in total. The zero-order valence-electron chi connectivity index (χ0n) is 20.1. The molecule has 0 radical (unpaired) electrons. The van der Waals surface area contributed by atoms with E-state index in [2.05, 4.69) is 50.7 Å². The molecular formula is C24H36N4O3S. The van der Waals surface area contributed by atoms with Gasteiger partial charge in [-0.3, -0.25) is 4.90 Å². The Morgan fingerprint density at radius 3 is 2.19 bits per heavy atom. The number of sulfonamides is 1. The van der Waals surface area contributed by atoms with E-state index in [4.69, 9.17) is 4.74 Å². The van der Waals surface area contributed by atoms with Crippen LogP contribution < -0.4 is 14.4 Å². The first-order valence-electron chi connectivity index (χ1n) is 11.0. The SMILES string of the molecule is COc1cc(C)c(C)cc1S(=O)(=O)NCC(c1ccc(N(C)C)cc1)N1CCN(C)CC1. The molecule has 1 fully saturated rings. The monoisotopic (exact) mass is 460 g/mol. The van der Waals surface area contributed by atoms with E-state index >= 15 is 0 Å². The van der Waals surface area contributed by atoms with E-state index in [1.807, 2.05) is 27.9 Å². The summed E-state index contributed by atoms with van der Waals surface area (Å²) in [6, 6.07) is 11.8. The van der Waals surface area contributed by atoms with Crippen LogP contribution in [-0.4, -0.2) is 79.2 Å². The Bertz CT molecular complexity index is 1010. The maximum atomic E-state index is 13.3. The van der Waals surface area contributed by atoms with Crippen molar-refractivity contribution in [2.75, 3.05) is 65.9 Å². The summed E-state index contributed by atoms with van der Waals surface area (Å²) in [5.74, 6) is 0.368. The molecule has 1 saturated heterocycles. The molecule has 1 atom stereocenters. The first kappa shape index (κ1) is 24.5. The van der Waals surface area contributed by atoms with Gasteiger partial charge in [0.25, 0.3) is 0 Å². The van der Waals surface area contributed by atoms with Gasteiger partial charge in [0.1, 0.15) is 10.6 Å². The van der Waals surface area contributed by atoms with Crippen LogP contribution >= 0.6 is 0 Å². The quantitative estimate of drug-likeness (QED) is 0.653. The van der Waals surface area contributed by atoms with Crippen molar-refractivity contribution < 1.29 is 13.2 Å². The van der Waals surface area contributed by atoms with Crippen LogP contribution in [0.5, 0.6) is 5.75 Å². The number of rotatable bonds is 8. The lowest BCUT2D eigenvalue weighted by Gasteiger charge is -2.38. The average Bonchev–Trinajstić information content (AvgIpc) is 2.76. The molecule has 8 heteroatoms. The van der Waals surface area contributed by atoms with Crippen molar-refractivity contribution >= 4 is 15.7 Å². The third kappa shape index (κ3) is 5.61. The van der Waals surface area contributed by atoms with Crippen molar-refractivity contribution in [1.82, 2.24) is 14.5 Å². The second-order valence-electron chi connectivity index (χ2n) is 8.78. The van der Waals surface area contributed by atoms with Crippen molar-refractivity contribution in [1.29, 1.82) is 0 Å². The number of ether oxygens (including phenoxy) is 1. The zero-order valence-corrected chi connectivity index (χ0v) is 20.9. The number of nitrogens with zero attached hydrogens (tertiary/aromatic N) is 3. The Labute approximate surface area is 193 Å². The summed E-state index contributed by atoms with van der Waals surface area (Å²) in [5, 5.41) is 0. The highest BCUT2D eigenvalue weighted by Crippen LogP contribution is 2.29. The van der Waals surface area contributed by atoms with Crippen LogP contribution in [0.2, 0.25) is 0 Å². The predicted octanol–water partition coefficient (Wildman–Crippen LogP) is 2.65. The Kier molecular flexibility index (Phi) is 7.82. The summed E-state index contributed by atoms with van der Waals surface area (Å²) in [6.45, 7) is 7.86. The topological polar surface area (TPSA) is 65.1 Å². The fraction of sp³-hybridized carbons (Fsp3) is 0.500. The van der Waals surface area contributed by atoms with Gasteiger partial charge in [0.05, 0.1) is 7.11 Å². The minimum absolute atomic E-state index is 0.0489. The second kappa shape index (κ2) is 10.2. The van der Waals surface area contributed by atoms with Crippen molar-refractivity contribution in [2.24, 2.45) is 0 Å². The minimum atomic E-state index is -3.74. The van der Waals surface area contributed by atoms with E-state index in [1.165, 1.54) is 7.11 Å². The number of benzene rings is 2. The number of piperazine rings is 1. The molecule has 0 bridgehead atoms. The van der Waals surface area contributed by atoms with E-state index in [0.29, 0.717) is 12.3 Å². The first-order valence-corrected chi connectivity index (χ1v) is 12.5. The molecule has 1 heterocycles. The van der Waals surface area contributed by atoms with Crippen LogP contribution in [0.1, 0.15) is 22.7 Å². The van der Waals surface area contributed by atoms with Crippen molar-refractivity contribution in [3.63, 3.8) is 0 Å². The van der Waals surface area contributed by atoms with Gasteiger partial charge in [0, 0.05) is 58.5 Å². The Morgan fingerprint density at radius 2 is 1.62 bits per heavy atom. The van der Waals surface area contributed by atoms with E-state index < -0.39 is 10.0 Å². The number of hydrogen-bond acceptors (Lipinski definition) is 6. The summed E-state index contributed by atoms with van der Waals surface area (Å²) < 4.78 is 34.8. The Morgan fingerprint density at radius 1 is 1.03 bits per heavy atom. The van der Waals surface area contributed by atoms with Crippen LogP contribution in [0, 0.1) is 13.8 Å². The van der Waals surface area contributed by atoms with Gasteiger partial charge < -0.3 is 14.5 Å². The summed E-state index contributed by atoms with van der Waals surface area (Å²) >= 11 is 0. The number of anilines is 1. The maximum absolute atomic E-state index is 13.3. The van der Waals surface area contributed by atoms with E-state index in [-0.39, 0.29) is 10.9 Å². The number of hydrogen-bond donors (Lipinski definition) is 1. The van der Waals surface area contributed by atoms with Crippen LogP contribution in [0.25, 0.3) is 0 Å². The number of methoxy groups -OCH3 is 1. The number of nitrogens with one attached hydrogen (secondary N) is 1. The lowest BCUT2D eigenvalue weighted by atomic mass is 10.0. The third-order valence-electron chi connectivity index (χ3n) is 6.31. The first-order chi connectivity index (χ1) is 15.1. The largest absolute Gasteiger partial charge is 0.495 e. The standard InChI is InChI=1S/C24H36N4O3S/c1-18-15-23(31-6)24(16-19(18)2)32(29,30)25-17-22(28-13-11-27(5)12-14-28)20-7-9-21(10-8-20)26(3)4/h7-10,15-16,22,25H,11-14,17H2,1-6H3. The van der Waals surface area contributed by atoms with Crippen molar-refractivity contribution in [2.45, 2.75) is 24.8 Å². The van der Waals surface area contributed by atoms with Crippen LogP contribution in [0.3, 0.4) is 0 Å². The molecule has 0 aromatic heterocycles. The molecule has 176 valence electrons. The second-order valence-corrected chi connectivity index (χ2v) is 10.5. The number of likely N-dealkylation sites (N-methyl/N-ethyl adjacent to an activating group) is 1. The fourth-order valence-corrected chi connectivity index (χ4v) is 5.26. The van der Waals surface area contributed by atoms with Gasteiger partial charge in [-0.1, -0.05) is 12.1 Å². The van der Waals surface area contributed by atoms with Crippen molar-refractivity contribution in [3.8, 4) is 5.75 Å². The third-order valence-corrected chi connectivity index (χ3v) is 7.75. The predicted molar refractivity (Wildman–Crippen MR) is 130 cm³/mol. The highest BCUT2D eigenvalue weighted by atomic mass is 32.2. The summed E-state index contributed by atoms with van der Waals surface area (Å²) in [6.07, 6.45) is 0. The van der Waals surface area contributed by atoms with Gasteiger partial charge in [-0.25, -0.2) is 13.1 Å². The Balaban J connectivity index is 1.87. The summed E-state index contributed by atoms with van der Waals surface area (Å²) in [4.78, 5) is 6.91. The lowest BCUT2D eigenvalue weighted by molar-refractivity contribution is 0.113. The van der Waals surface area contributed by atoms with Crippen molar-refractivity contribution in [3.05, 3.63) is 53.1 Å². The summed E-state index contributed by atoms with van der Waals surface area (Å²) in [5.41, 5.74) is 4.14. The van der Waals surface area contributed by atoms with Gasteiger partial charge in [-0.15, -0.1) is 0 Å². The molecule has 0 spiro atoms. The van der Waals surface area contributed by atoms with Gasteiger partial charge in [-0.2, -0.15) is 0 Å². The molecule has 32 heavy (non-hydrogen) atoms. The maximum Gasteiger partial charge on any atom is 0.244 e. The van der Waals surface area contributed by atoms with E-state index in [1.54, 1.807) is 12.1 Å². The molecule has 2 aromatic carbocycles. The van der Waals surface area contributed by atoms with Gasteiger partial charge >= 0.3 is 0 Å². The Hall–Kier alpha value is -2.13. The highest BCUT2D eigenvalue weighted by molar-refractivity contribution is 7.89. The normalized spacial score (nSPS) is 16.7. The molecule has 3 rings (SSSR count). The molecule has 0 aliphatic carbocycles. The molecule has 1 aliphatic heterocycles. The fourth-order valence-electron chi connectivity index (χ4n) is 3.99. The summed E-state index contributed by atoms with van der Waals surface area (Å²) in [7, 11) is 3.91. The molecule has 2 aromatic rings. The number of aryl methyl sites for hydroxylation is 2. The molecule has 0 saturated carbocycles. The molecule has 1 unspecified atom stereocenters. The molecular weight excluding hydrogens is 424 g/mol. The van der Waals surface area contributed by atoms with Crippen LogP contribution in [0.15, 0.2) is 41.3 Å². The highest BCUT2D eigenvalue weighted by Gasteiger charge is 2.27. The van der Waals surface area contributed by atoms with E-state index in [0.717, 1.165) is 48.6 Å². The minimum Gasteiger partial charge on any atom is -0.495 e. The van der Waals surface area contributed by atoms with Crippen LogP contribution in [-0.2, 0) is 10.0 Å². The zero-order chi connectivity index (χ0) is 23.5. The van der Waals surface area contributed by atoms with Gasteiger partial charge in [0.2, 0.25) is 10.0 Å². The van der Waals surface area contributed by atoms with Gasteiger partial charge in [-0.05, 0) is 61.9 Å². The molecule has 7 nitrogen and oxygen atoms in total. The van der Waals surface area contributed by atoms with Crippen LogP contribution in [0.4, 0.5) is 5.69 Å². The average molecular weight is 461 g/mol. The molecule has 1 aliphatic rings. The van der Waals surface area contributed by atoms with E-state index in [9.17, 15) is 8.42 Å². The lowest BCUT2D eigenvalue weighted by Crippen LogP contribution is -2.48. The van der Waals surface area contributed by atoms with Gasteiger partial charge in [0.15, 0.2) is 0 Å². The molecule has 0 amide bonds. The smallest absolute Gasteiger partial charge is 0.244 e.